The van der Waals surface area contributed by atoms with Crippen LogP contribution in [0.15, 0.2) is 24.4 Å². The highest BCUT2D eigenvalue weighted by Gasteiger charge is 2.45. The van der Waals surface area contributed by atoms with Gasteiger partial charge in [-0.15, -0.1) is 0 Å². The molecule has 4 rings (SSSR count). The number of hydrogen-bond donors (Lipinski definition) is 2. The van der Waals surface area contributed by atoms with Crippen LogP contribution in [-0.2, 0) is 0 Å². The molecule has 0 radical (unpaired) electrons. The van der Waals surface area contributed by atoms with E-state index in [1.165, 1.54) is 12.8 Å². The number of hydrogen-bond acceptors (Lipinski definition) is 5. The summed E-state index contributed by atoms with van der Waals surface area (Å²) >= 11 is 12.4. The van der Waals surface area contributed by atoms with Crippen LogP contribution in [0.2, 0.25) is 10.0 Å². The van der Waals surface area contributed by atoms with Crippen molar-refractivity contribution >= 4 is 34.8 Å². The van der Waals surface area contributed by atoms with Crippen LogP contribution in [0.3, 0.4) is 0 Å². The quantitative estimate of drug-likeness (QED) is 0.797. The Kier molecular flexibility index (Phi) is 4.73. The Balaban J connectivity index is 1.53. The van der Waals surface area contributed by atoms with E-state index < -0.39 is 0 Å². The van der Waals surface area contributed by atoms with Crippen molar-refractivity contribution < 1.29 is 0 Å². The van der Waals surface area contributed by atoms with E-state index in [0.717, 1.165) is 18.9 Å². The van der Waals surface area contributed by atoms with Gasteiger partial charge in [-0.25, -0.2) is 9.97 Å². The largest absolute Gasteiger partial charge is 0.382 e. The third-order valence-corrected chi connectivity index (χ3v) is 6.94. The minimum Gasteiger partial charge on any atom is -0.382 e. The van der Waals surface area contributed by atoms with Gasteiger partial charge in [0.15, 0.2) is 5.82 Å². The number of benzene rings is 1. The summed E-state index contributed by atoms with van der Waals surface area (Å²) in [4.78, 5) is 11.5. The lowest BCUT2D eigenvalue weighted by Gasteiger charge is -2.29. The van der Waals surface area contributed by atoms with Crippen molar-refractivity contribution in [1.82, 2.24) is 9.97 Å². The zero-order valence-electron chi connectivity index (χ0n) is 15.6. The Morgan fingerprint density at radius 2 is 1.81 bits per heavy atom. The van der Waals surface area contributed by atoms with Gasteiger partial charge in [0.05, 0.1) is 16.2 Å². The van der Waals surface area contributed by atoms with Gasteiger partial charge < -0.3 is 16.4 Å². The molecular formula is C20H25Cl2N5. The van der Waals surface area contributed by atoms with Crippen LogP contribution in [0.4, 0.5) is 11.6 Å². The summed E-state index contributed by atoms with van der Waals surface area (Å²) in [5.41, 5.74) is 13.7. The maximum Gasteiger partial charge on any atom is 0.152 e. The molecule has 0 spiro atoms. The van der Waals surface area contributed by atoms with Gasteiger partial charge in [0.1, 0.15) is 11.5 Å². The lowest BCUT2D eigenvalue weighted by molar-refractivity contribution is 0.312. The highest BCUT2D eigenvalue weighted by atomic mass is 35.5. The maximum absolute atomic E-state index is 6.33. The summed E-state index contributed by atoms with van der Waals surface area (Å²) in [6.07, 6.45) is 4.15. The minimum atomic E-state index is -0.0999. The van der Waals surface area contributed by atoms with Crippen LogP contribution in [0.1, 0.15) is 26.7 Å². The molecule has 4 N–H and O–H groups in total. The summed E-state index contributed by atoms with van der Waals surface area (Å²) in [5.74, 6) is 3.13. The molecule has 0 amide bonds. The van der Waals surface area contributed by atoms with E-state index in [-0.39, 0.29) is 5.54 Å². The maximum atomic E-state index is 6.33. The predicted octanol–water partition coefficient (Wildman–Crippen LogP) is 4.23. The van der Waals surface area contributed by atoms with Gasteiger partial charge >= 0.3 is 0 Å². The topological polar surface area (TPSA) is 81.1 Å². The fourth-order valence-corrected chi connectivity index (χ4v) is 4.92. The van der Waals surface area contributed by atoms with Gasteiger partial charge in [-0.3, -0.25) is 0 Å². The molecule has 1 aliphatic carbocycles. The number of aromatic nitrogens is 2. The van der Waals surface area contributed by atoms with Crippen LogP contribution in [0.25, 0.3) is 11.3 Å². The molecule has 1 aromatic heterocycles. The molecule has 2 heterocycles. The zero-order valence-corrected chi connectivity index (χ0v) is 17.1. The first-order valence-electron chi connectivity index (χ1n) is 9.34. The third kappa shape index (κ3) is 3.48. The number of anilines is 2. The van der Waals surface area contributed by atoms with Crippen molar-refractivity contribution in [2.24, 2.45) is 23.5 Å². The standard InChI is InChI=1S/C20H25Cl2N5/c1-20(2,24)13-6-11-9-27(10-12(11)7-13)16-8-25-18(19(23)26-16)14-4-3-5-15(21)17(14)22/h3-5,8,11-13H,6-7,9-10,24H2,1-2H3,(H2,23,26)/t11-,12+,13+. The van der Waals surface area contributed by atoms with Crippen molar-refractivity contribution in [1.29, 1.82) is 0 Å². The molecule has 2 aliphatic rings. The van der Waals surface area contributed by atoms with Crippen LogP contribution in [0.5, 0.6) is 0 Å². The number of nitrogens with zero attached hydrogens (tertiary/aromatic N) is 3. The number of nitrogen functional groups attached to an aromatic ring is 1. The Bertz CT molecular complexity index is 850. The first kappa shape index (κ1) is 18.8. The van der Waals surface area contributed by atoms with Gasteiger partial charge in [0, 0.05) is 24.2 Å². The summed E-state index contributed by atoms with van der Waals surface area (Å²) < 4.78 is 0. The second-order valence-electron chi connectivity index (χ2n) is 8.48. The van der Waals surface area contributed by atoms with E-state index in [9.17, 15) is 0 Å². The minimum absolute atomic E-state index is 0.0999. The molecule has 0 bridgehead atoms. The van der Waals surface area contributed by atoms with Crippen molar-refractivity contribution in [3.63, 3.8) is 0 Å². The van der Waals surface area contributed by atoms with E-state index in [1.54, 1.807) is 12.3 Å². The van der Waals surface area contributed by atoms with Gasteiger partial charge in [0.25, 0.3) is 0 Å². The summed E-state index contributed by atoms with van der Waals surface area (Å²) in [5, 5.41) is 0.920. The van der Waals surface area contributed by atoms with E-state index in [4.69, 9.17) is 34.7 Å². The van der Waals surface area contributed by atoms with Crippen LogP contribution >= 0.6 is 23.2 Å². The molecule has 0 unspecified atom stereocenters. The molecule has 1 aliphatic heterocycles. The Morgan fingerprint density at radius 1 is 1.15 bits per heavy atom. The van der Waals surface area contributed by atoms with Gasteiger partial charge in [-0.05, 0) is 50.5 Å². The average Bonchev–Trinajstić information content (AvgIpc) is 3.16. The second kappa shape index (κ2) is 6.80. The average molecular weight is 406 g/mol. The second-order valence-corrected chi connectivity index (χ2v) is 9.26. The van der Waals surface area contributed by atoms with Crippen molar-refractivity contribution in [3.05, 3.63) is 34.4 Å². The molecule has 1 saturated carbocycles. The predicted molar refractivity (Wildman–Crippen MR) is 112 cm³/mol. The molecule has 7 heteroatoms. The SMILES string of the molecule is CC(C)(N)[C@H]1C[C@@H]2CN(c3cnc(-c4cccc(Cl)c4Cl)c(N)n3)C[C@@H]2C1. The summed E-state index contributed by atoms with van der Waals surface area (Å²) in [6.45, 7) is 6.26. The molecule has 5 nitrogen and oxygen atoms in total. The molecule has 144 valence electrons. The smallest absolute Gasteiger partial charge is 0.152 e. The van der Waals surface area contributed by atoms with Crippen LogP contribution in [0, 0.1) is 17.8 Å². The first-order chi connectivity index (χ1) is 12.7. The molecule has 1 saturated heterocycles. The first-order valence-corrected chi connectivity index (χ1v) is 10.1. The number of fused-ring (bicyclic) bond motifs is 1. The zero-order chi connectivity index (χ0) is 19.3. The number of rotatable bonds is 3. The van der Waals surface area contributed by atoms with E-state index >= 15 is 0 Å². The fourth-order valence-electron chi connectivity index (χ4n) is 4.53. The van der Waals surface area contributed by atoms with Gasteiger partial charge in [-0.1, -0.05) is 35.3 Å². The third-order valence-electron chi connectivity index (χ3n) is 6.12. The molecule has 3 atom stereocenters. The van der Waals surface area contributed by atoms with E-state index in [2.05, 4.69) is 28.7 Å². The molecule has 27 heavy (non-hydrogen) atoms. The highest BCUT2D eigenvalue weighted by molar-refractivity contribution is 6.43. The van der Waals surface area contributed by atoms with E-state index in [1.807, 2.05) is 12.1 Å². The molecule has 2 aromatic rings. The van der Waals surface area contributed by atoms with Gasteiger partial charge in [-0.2, -0.15) is 0 Å². The highest BCUT2D eigenvalue weighted by Crippen LogP contribution is 2.46. The van der Waals surface area contributed by atoms with Crippen molar-refractivity contribution in [2.45, 2.75) is 32.2 Å². The lowest BCUT2D eigenvalue weighted by atomic mass is 9.86. The molecule has 2 fully saturated rings. The Labute approximate surface area is 170 Å². The van der Waals surface area contributed by atoms with Crippen molar-refractivity contribution in [3.8, 4) is 11.3 Å². The number of halogens is 2. The Morgan fingerprint density at radius 3 is 2.41 bits per heavy atom. The fraction of sp³-hybridized carbons (Fsp3) is 0.500. The Hall–Kier alpha value is -1.56. The normalized spacial score (nSPS) is 25.1. The van der Waals surface area contributed by atoms with Crippen molar-refractivity contribution in [2.75, 3.05) is 23.7 Å². The lowest BCUT2D eigenvalue weighted by Crippen LogP contribution is -2.40. The number of nitrogens with two attached hydrogens (primary N) is 2. The van der Waals surface area contributed by atoms with Crippen LogP contribution in [-0.4, -0.2) is 28.6 Å². The summed E-state index contributed by atoms with van der Waals surface area (Å²) in [7, 11) is 0. The van der Waals surface area contributed by atoms with Gasteiger partial charge in [0.2, 0.25) is 0 Å². The van der Waals surface area contributed by atoms with E-state index in [0.29, 0.717) is 44.9 Å². The monoisotopic (exact) mass is 405 g/mol. The summed E-state index contributed by atoms with van der Waals surface area (Å²) in [6, 6.07) is 5.42. The molecular weight excluding hydrogens is 381 g/mol. The van der Waals surface area contributed by atoms with Crippen LogP contribution < -0.4 is 16.4 Å². The molecule has 1 aromatic carbocycles.